The van der Waals surface area contributed by atoms with Gasteiger partial charge in [-0.05, 0) is 53.5 Å². The first kappa shape index (κ1) is 15.3. The number of benzene rings is 2. The number of nitrogens with one attached hydrogen (secondary N) is 2. The van der Waals surface area contributed by atoms with Gasteiger partial charge in [-0.25, -0.2) is 5.43 Å². The van der Waals surface area contributed by atoms with Crippen molar-refractivity contribution in [3.05, 3.63) is 82.7 Å². The third-order valence-corrected chi connectivity index (χ3v) is 4.72. The number of nitrogen functional groups attached to an aromatic ring is 1. The van der Waals surface area contributed by atoms with Crippen molar-refractivity contribution < 1.29 is 0 Å². The molecule has 1 saturated heterocycles. The Balaban J connectivity index is 1.58. The molecule has 0 bridgehead atoms. The Morgan fingerprint density at radius 1 is 1.20 bits per heavy atom. The molecule has 0 amide bonds. The van der Waals surface area contributed by atoms with Crippen molar-refractivity contribution in [3.8, 4) is 6.07 Å². The summed E-state index contributed by atoms with van der Waals surface area (Å²) in [6.07, 6.45) is 4.37. The topological polar surface area (TPSA) is 77.1 Å². The smallest absolute Gasteiger partial charge is 0.124 e. The van der Waals surface area contributed by atoms with Gasteiger partial charge in [-0.1, -0.05) is 30.3 Å². The number of fused-ring (bicyclic) bond motifs is 1. The lowest BCUT2D eigenvalue weighted by Gasteiger charge is -2.27. The summed E-state index contributed by atoms with van der Waals surface area (Å²) in [5.74, 6) is 1.03. The van der Waals surface area contributed by atoms with E-state index < -0.39 is 0 Å². The molecule has 2 heterocycles. The van der Waals surface area contributed by atoms with Crippen LogP contribution in [-0.2, 0) is 0 Å². The van der Waals surface area contributed by atoms with E-state index in [1.807, 2.05) is 37.3 Å². The van der Waals surface area contributed by atoms with Crippen molar-refractivity contribution in [2.24, 2.45) is 0 Å². The molecule has 2 aromatic carbocycles. The van der Waals surface area contributed by atoms with Gasteiger partial charge in [0.15, 0.2) is 0 Å². The average Bonchev–Trinajstić information content (AvgIpc) is 3.07. The molecule has 1 atom stereocenters. The van der Waals surface area contributed by atoms with Gasteiger partial charge in [0.1, 0.15) is 12.0 Å². The lowest BCUT2D eigenvalue weighted by Crippen LogP contribution is -2.28. The zero-order chi connectivity index (χ0) is 17.4. The molecule has 25 heavy (non-hydrogen) atoms. The van der Waals surface area contributed by atoms with Crippen LogP contribution in [0.25, 0.3) is 5.57 Å². The Labute approximate surface area is 147 Å². The monoisotopic (exact) mass is 329 g/mol. The second-order valence-corrected chi connectivity index (χ2v) is 6.32. The first-order valence-electron chi connectivity index (χ1n) is 8.22. The number of hydrazine groups is 1. The van der Waals surface area contributed by atoms with Gasteiger partial charge < -0.3 is 16.1 Å². The van der Waals surface area contributed by atoms with E-state index in [1.165, 1.54) is 0 Å². The van der Waals surface area contributed by atoms with Crippen molar-refractivity contribution in [2.75, 3.05) is 12.3 Å². The summed E-state index contributed by atoms with van der Waals surface area (Å²) in [5.41, 5.74) is 18.6. The van der Waals surface area contributed by atoms with Crippen LogP contribution in [0.2, 0.25) is 0 Å². The van der Waals surface area contributed by atoms with Gasteiger partial charge >= 0.3 is 0 Å². The fourth-order valence-electron chi connectivity index (χ4n) is 3.19. The number of nitriles is 1. The Hall–Kier alpha value is -3.23. The average molecular weight is 329 g/mol. The first-order chi connectivity index (χ1) is 12.2. The SMILES string of the molecule is Cc1ccc(C2NNC3=CC(c4ccc(C#N)cc4)=CCN32)cc1N. The van der Waals surface area contributed by atoms with Gasteiger partial charge in [-0.15, -0.1) is 0 Å². The second-order valence-electron chi connectivity index (χ2n) is 6.32. The number of nitrogens with zero attached hydrogens (tertiary/aromatic N) is 2. The van der Waals surface area contributed by atoms with Crippen LogP contribution < -0.4 is 16.6 Å². The molecule has 1 unspecified atom stereocenters. The molecular weight excluding hydrogens is 310 g/mol. The van der Waals surface area contributed by atoms with Crippen molar-refractivity contribution in [1.82, 2.24) is 15.8 Å². The molecule has 2 aliphatic rings. The molecule has 4 rings (SSSR count). The standard InChI is InChI=1S/C20H19N5/c1-13-2-5-17(10-18(13)22)20-24-23-19-11-16(8-9-25(19)20)15-6-3-14(12-21)4-7-15/h2-8,10-11,20,23-24H,9,22H2,1H3. The minimum Gasteiger partial charge on any atom is -0.399 e. The molecule has 2 aliphatic heterocycles. The van der Waals surface area contributed by atoms with Crippen molar-refractivity contribution in [1.29, 1.82) is 5.26 Å². The highest BCUT2D eigenvalue weighted by atomic mass is 15.6. The minimum atomic E-state index is 0.0490. The molecule has 1 fully saturated rings. The summed E-state index contributed by atoms with van der Waals surface area (Å²) in [4.78, 5) is 2.26. The fourth-order valence-corrected chi connectivity index (χ4v) is 3.19. The lowest BCUT2D eigenvalue weighted by atomic mass is 10.0. The molecule has 124 valence electrons. The van der Waals surface area contributed by atoms with E-state index in [0.29, 0.717) is 5.56 Å². The quantitative estimate of drug-likeness (QED) is 0.739. The largest absolute Gasteiger partial charge is 0.399 e. The van der Waals surface area contributed by atoms with Crippen LogP contribution >= 0.6 is 0 Å². The van der Waals surface area contributed by atoms with Gasteiger partial charge in [-0.3, -0.25) is 0 Å². The molecule has 4 N–H and O–H groups in total. The maximum Gasteiger partial charge on any atom is 0.124 e. The van der Waals surface area contributed by atoms with Crippen molar-refractivity contribution in [2.45, 2.75) is 13.1 Å². The minimum absolute atomic E-state index is 0.0490. The fraction of sp³-hybridized carbons (Fsp3) is 0.150. The second kappa shape index (κ2) is 6.00. The Bertz CT molecular complexity index is 918. The van der Waals surface area contributed by atoms with Crippen molar-refractivity contribution >= 4 is 11.3 Å². The molecule has 5 heteroatoms. The molecule has 0 spiro atoms. The summed E-state index contributed by atoms with van der Waals surface area (Å²) >= 11 is 0. The number of hydrogen-bond donors (Lipinski definition) is 3. The number of nitrogens with two attached hydrogens (primary N) is 1. The predicted octanol–water partition coefficient (Wildman–Crippen LogP) is 2.80. The van der Waals surface area contributed by atoms with E-state index in [4.69, 9.17) is 11.0 Å². The van der Waals surface area contributed by atoms with E-state index in [2.05, 4.69) is 46.1 Å². The van der Waals surface area contributed by atoms with E-state index in [-0.39, 0.29) is 6.17 Å². The van der Waals surface area contributed by atoms with Crippen LogP contribution in [0.3, 0.4) is 0 Å². The number of hydrogen-bond acceptors (Lipinski definition) is 5. The van der Waals surface area contributed by atoms with E-state index >= 15 is 0 Å². The number of anilines is 1. The summed E-state index contributed by atoms with van der Waals surface area (Å²) < 4.78 is 0. The third kappa shape index (κ3) is 2.73. The van der Waals surface area contributed by atoms with Crippen LogP contribution in [0.5, 0.6) is 0 Å². The molecule has 5 nitrogen and oxygen atoms in total. The molecule has 0 aromatic heterocycles. The number of allylic oxidation sites excluding steroid dienone is 2. The summed E-state index contributed by atoms with van der Waals surface area (Å²) in [7, 11) is 0. The van der Waals surface area contributed by atoms with Gasteiger partial charge in [0, 0.05) is 12.2 Å². The van der Waals surface area contributed by atoms with E-state index in [1.54, 1.807) is 0 Å². The number of aryl methyl sites for hydroxylation is 1. The van der Waals surface area contributed by atoms with Crippen LogP contribution in [0, 0.1) is 18.3 Å². The van der Waals surface area contributed by atoms with Crippen molar-refractivity contribution in [3.63, 3.8) is 0 Å². The van der Waals surface area contributed by atoms with Gasteiger partial charge in [0.05, 0.1) is 11.6 Å². The van der Waals surface area contributed by atoms with E-state index in [9.17, 15) is 0 Å². The zero-order valence-electron chi connectivity index (χ0n) is 14.0. The third-order valence-electron chi connectivity index (χ3n) is 4.72. The Kier molecular flexibility index (Phi) is 3.68. The maximum absolute atomic E-state index is 8.93. The van der Waals surface area contributed by atoms with Gasteiger partial charge in [0.25, 0.3) is 0 Å². The molecule has 0 aliphatic carbocycles. The molecule has 2 aromatic rings. The zero-order valence-corrected chi connectivity index (χ0v) is 14.0. The van der Waals surface area contributed by atoms with Gasteiger partial charge in [-0.2, -0.15) is 5.26 Å². The van der Waals surface area contributed by atoms with Gasteiger partial charge in [0.2, 0.25) is 0 Å². The lowest BCUT2D eigenvalue weighted by molar-refractivity contribution is 0.305. The van der Waals surface area contributed by atoms with Crippen LogP contribution in [0.4, 0.5) is 5.69 Å². The summed E-state index contributed by atoms with van der Waals surface area (Å²) in [6, 6.07) is 16.0. The van der Waals surface area contributed by atoms with Crippen LogP contribution in [0.15, 0.2) is 60.4 Å². The predicted molar refractivity (Wildman–Crippen MR) is 98.5 cm³/mol. The molecule has 0 saturated carbocycles. The highest BCUT2D eigenvalue weighted by molar-refractivity contribution is 5.76. The summed E-state index contributed by atoms with van der Waals surface area (Å²) in [5, 5.41) is 8.93. The molecular formula is C20H19N5. The van der Waals surface area contributed by atoms with Crippen LogP contribution in [0.1, 0.15) is 28.4 Å². The number of rotatable bonds is 2. The summed E-state index contributed by atoms with van der Waals surface area (Å²) in [6.45, 7) is 2.80. The highest BCUT2D eigenvalue weighted by Gasteiger charge is 2.30. The molecule has 0 radical (unpaired) electrons. The van der Waals surface area contributed by atoms with Crippen LogP contribution in [-0.4, -0.2) is 11.4 Å². The Morgan fingerprint density at radius 2 is 2.00 bits per heavy atom. The first-order valence-corrected chi connectivity index (χ1v) is 8.22. The highest BCUT2D eigenvalue weighted by Crippen LogP contribution is 2.32. The maximum atomic E-state index is 8.93. The Morgan fingerprint density at radius 3 is 2.72 bits per heavy atom. The van der Waals surface area contributed by atoms with E-state index in [0.717, 1.165) is 40.3 Å². The normalized spacial score (nSPS) is 18.7.